The highest BCUT2D eigenvalue weighted by molar-refractivity contribution is 14.1. The van der Waals surface area contributed by atoms with E-state index in [1.807, 2.05) is 29.5 Å². The minimum atomic E-state index is -0.382. The normalized spacial score (nSPS) is 10.2. The molecule has 0 aliphatic rings. The Morgan fingerprint density at radius 1 is 1.38 bits per heavy atom. The first-order chi connectivity index (χ1) is 10.1. The van der Waals surface area contributed by atoms with Crippen LogP contribution in [0, 0.1) is 9.39 Å². The second-order valence-corrected chi connectivity index (χ2v) is 5.46. The minimum absolute atomic E-state index is 0.205. The first-order valence-corrected chi connectivity index (χ1v) is 7.50. The lowest BCUT2D eigenvalue weighted by Gasteiger charge is -2.08. The van der Waals surface area contributed by atoms with Crippen molar-refractivity contribution in [1.82, 2.24) is 9.97 Å². The van der Waals surface area contributed by atoms with Gasteiger partial charge in [-0.3, -0.25) is 9.78 Å². The molecule has 0 bridgehead atoms. The summed E-state index contributed by atoms with van der Waals surface area (Å²) < 4.78 is 13.7. The van der Waals surface area contributed by atoms with Gasteiger partial charge in [0.1, 0.15) is 17.3 Å². The van der Waals surface area contributed by atoms with Crippen LogP contribution in [0.1, 0.15) is 23.8 Å². The molecular weight excluding hydrogens is 386 g/mol. The summed E-state index contributed by atoms with van der Waals surface area (Å²) >= 11 is 1.96. The van der Waals surface area contributed by atoms with Crippen LogP contribution >= 0.6 is 22.6 Å². The second kappa shape index (κ2) is 7.30. The highest BCUT2D eigenvalue weighted by atomic mass is 127. The first-order valence-electron chi connectivity index (χ1n) is 6.42. The number of carbonyl (C=O) groups excluding carboxylic acids is 1. The van der Waals surface area contributed by atoms with Crippen LogP contribution in [0.2, 0.25) is 0 Å². The van der Waals surface area contributed by atoms with Crippen molar-refractivity contribution in [2.75, 3.05) is 17.2 Å². The van der Waals surface area contributed by atoms with Gasteiger partial charge in [0.2, 0.25) is 0 Å². The number of halogens is 2. The van der Waals surface area contributed by atoms with E-state index in [1.54, 1.807) is 6.20 Å². The van der Waals surface area contributed by atoms with Gasteiger partial charge in [-0.25, -0.2) is 9.37 Å². The van der Waals surface area contributed by atoms with Crippen LogP contribution in [-0.2, 0) is 0 Å². The molecule has 2 aromatic rings. The van der Waals surface area contributed by atoms with E-state index in [4.69, 9.17) is 0 Å². The van der Waals surface area contributed by atoms with Crippen molar-refractivity contribution in [2.45, 2.75) is 13.3 Å². The number of nitrogens with one attached hydrogen (secondary N) is 2. The Hall–Kier alpha value is -1.77. The van der Waals surface area contributed by atoms with E-state index in [-0.39, 0.29) is 17.4 Å². The Morgan fingerprint density at radius 3 is 2.90 bits per heavy atom. The standard InChI is InChI=1S/C14H14FIN4O/c1-2-5-18-13-8-17-7-12(19-13)14(21)20-11-4-3-9(15)6-10(11)16/h3-4,6-8H,2,5H2,1H3,(H,18,19)(H,20,21). The number of amides is 1. The van der Waals surface area contributed by atoms with Crippen molar-refractivity contribution in [1.29, 1.82) is 0 Å². The predicted octanol–water partition coefficient (Wildman–Crippen LogP) is 3.29. The maximum atomic E-state index is 13.0. The van der Waals surface area contributed by atoms with Crippen LogP contribution < -0.4 is 10.6 Å². The molecule has 0 unspecified atom stereocenters. The van der Waals surface area contributed by atoms with Gasteiger partial charge in [-0.1, -0.05) is 6.92 Å². The van der Waals surface area contributed by atoms with E-state index in [0.29, 0.717) is 15.1 Å². The van der Waals surface area contributed by atoms with Crippen molar-refractivity contribution < 1.29 is 9.18 Å². The van der Waals surface area contributed by atoms with Crippen molar-refractivity contribution in [3.8, 4) is 0 Å². The van der Waals surface area contributed by atoms with Crippen LogP contribution in [0.25, 0.3) is 0 Å². The molecule has 21 heavy (non-hydrogen) atoms. The monoisotopic (exact) mass is 400 g/mol. The molecule has 2 rings (SSSR count). The number of aromatic nitrogens is 2. The molecule has 0 aliphatic carbocycles. The van der Waals surface area contributed by atoms with E-state index in [0.717, 1.165) is 13.0 Å². The lowest BCUT2D eigenvalue weighted by Crippen LogP contribution is -2.16. The minimum Gasteiger partial charge on any atom is -0.369 e. The summed E-state index contributed by atoms with van der Waals surface area (Å²) in [7, 11) is 0. The van der Waals surface area contributed by atoms with Crippen LogP contribution in [-0.4, -0.2) is 22.4 Å². The maximum Gasteiger partial charge on any atom is 0.275 e. The van der Waals surface area contributed by atoms with Gasteiger partial charge in [-0.2, -0.15) is 0 Å². The molecule has 0 aliphatic heterocycles. The van der Waals surface area contributed by atoms with Gasteiger partial charge in [0.05, 0.1) is 18.1 Å². The quantitative estimate of drug-likeness (QED) is 0.757. The van der Waals surface area contributed by atoms with Crippen LogP contribution in [0.5, 0.6) is 0 Å². The van der Waals surface area contributed by atoms with Gasteiger partial charge < -0.3 is 10.6 Å². The van der Waals surface area contributed by atoms with E-state index >= 15 is 0 Å². The van der Waals surface area contributed by atoms with E-state index in [9.17, 15) is 9.18 Å². The zero-order valence-electron chi connectivity index (χ0n) is 11.4. The maximum absolute atomic E-state index is 13.0. The molecule has 1 aromatic heterocycles. The molecule has 2 N–H and O–H groups in total. The molecule has 110 valence electrons. The third-order valence-electron chi connectivity index (χ3n) is 2.60. The molecule has 0 radical (unpaired) electrons. The Kier molecular flexibility index (Phi) is 5.43. The number of rotatable bonds is 5. The van der Waals surface area contributed by atoms with E-state index in [1.165, 1.54) is 24.4 Å². The van der Waals surface area contributed by atoms with E-state index < -0.39 is 0 Å². The number of anilines is 2. The molecular formula is C14H14FIN4O. The lowest BCUT2D eigenvalue weighted by atomic mass is 10.3. The summed E-state index contributed by atoms with van der Waals surface area (Å²) in [4.78, 5) is 20.3. The topological polar surface area (TPSA) is 66.9 Å². The summed E-state index contributed by atoms with van der Waals surface area (Å²) in [6, 6.07) is 4.16. The molecule has 0 saturated heterocycles. The SMILES string of the molecule is CCCNc1cncc(C(=O)Nc2ccc(F)cc2I)n1. The number of benzene rings is 1. The molecule has 5 nitrogen and oxygen atoms in total. The van der Waals surface area contributed by atoms with Gasteiger partial charge in [0.15, 0.2) is 0 Å². The Bertz CT molecular complexity index is 651. The Balaban J connectivity index is 2.12. The summed E-state index contributed by atoms with van der Waals surface area (Å²) in [5, 5.41) is 5.76. The number of hydrogen-bond acceptors (Lipinski definition) is 4. The average Bonchev–Trinajstić information content (AvgIpc) is 2.48. The smallest absolute Gasteiger partial charge is 0.275 e. The average molecular weight is 400 g/mol. The van der Waals surface area contributed by atoms with Crippen LogP contribution in [0.15, 0.2) is 30.6 Å². The lowest BCUT2D eigenvalue weighted by molar-refractivity contribution is 0.102. The molecule has 0 spiro atoms. The molecule has 0 saturated carbocycles. The highest BCUT2D eigenvalue weighted by Crippen LogP contribution is 2.19. The zero-order valence-corrected chi connectivity index (χ0v) is 13.5. The summed E-state index contributed by atoms with van der Waals surface area (Å²) in [6.07, 6.45) is 3.91. The zero-order chi connectivity index (χ0) is 15.2. The van der Waals surface area contributed by atoms with Gasteiger partial charge in [0, 0.05) is 10.1 Å². The van der Waals surface area contributed by atoms with Crippen LogP contribution in [0.4, 0.5) is 15.9 Å². The number of hydrogen-bond donors (Lipinski definition) is 2. The molecule has 0 atom stereocenters. The molecule has 0 fully saturated rings. The summed E-state index contributed by atoms with van der Waals surface area (Å²) in [5.74, 6) is -0.173. The van der Waals surface area contributed by atoms with Gasteiger partial charge in [0.25, 0.3) is 5.91 Å². The van der Waals surface area contributed by atoms with E-state index in [2.05, 4.69) is 20.6 Å². The fourth-order valence-electron chi connectivity index (χ4n) is 1.59. The van der Waals surface area contributed by atoms with Gasteiger partial charge in [-0.05, 0) is 47.2 Å². The van der Waals surface area contributed by atoms with Gasteiger partial charge in [-0.15, -0.1) is 0 Å². The van der Waals surface area contributed by atoms with Crippen LogP contribution in [0.3, 0.4) is 0 Å². The first kappa shape index (κ1) is 15.6. The second-order valence-electron chi connectivity index (χ2n) is 4.29. The fraction of sp³-hybridized carbons (Fsp3) is 0.214. The molecule has 1 heterocycles. The van der Waals surface area contributed by atoms with Crippen molar-refractivity contribution >= 4 is 40.0 Å². The summed E-state index contributed by atoms with van der Waals surface area (Å²) in [5.41, 5.74) is 0.743. The van der Waals surface area contributed by atoms with Crippen molar-refractivity contribution in [2.24, 2.45) is 0 Å². The van der Waals surface area contributed by atoms with Crippen molar-refractivity contribution in [3.63, 3.8) is 0 Å². The third-order valence-corrected chi connectivity index (χ3v) is 3.50. The third kappa shape index (κ3) is 4.35. The number of nitrogens with zero attached hydrogens (tertiary/aromatic N) is 2. The summed E-state index contributed by atoms with van der Waals surface area (Å²) in [6.45, 7) is 2.79. The molecule has 1 aromatic carbocycles. The molecule has 7 heteroatoms. The Morgan fingerprint density at radius 2 is 2.19 bits per heavy atom. The predicted molar refractivity (Wildman–Crippen MR) is 87.9 cm³/mol. The molecule has 1 amide bonds. The highest BCUT2D eigenvalue weighted by Gasteiger charge is 2.11. The van der Waals surface area contributed by atoms with Crippen molar-refractivity contribution in [3.05, 3.63) is 45.7 Å². The Labute approximate surface area is 135 Å². The van der Waals surface area contributed by atoms with Gasteiger partial charge >= 0.3 is 0 Å². The number of carbonyl (C=O) groups is 1. The largest absolute Gasteiger partial charge is 0.369 e. The fourth-order valence-corrected chi connectivity index (χ4v) is 2.20.